The van der Waals surface area contributed by atoms with Gasteiger partial charge in [0.2, 0.25) is 5.91 Å². The lowest BCUT2D eigenvalue weighted by Gasteiger charge is -2.09. The molecule has 2 aromatic heterocycles. The molecule has 24 heavy (non-hydrogen) atoms. The number of benzene rings is 1. The van der Waals surface area contributed by atoms with Gasteiger partial charge in [-0.05, 0) is 24.3 Å². The smallest absolute Gasteiger partial charge is 0.224 e. The highest BCUT2D eigenvalue weighted by atomic mass is 35.5. The summed E-state index contributed by atoms with van der Waals surface area (Å²) in [5.74, 6) is -0.309. The number of carbonyl (C=O) groups excluding carboxylic acids is 1. The molecular formula is C17H13ClFN3O2. The minimum absolute atomic E-state index is 0.148. The zero-order chi connectivity index (χ0) is 16.9. The standard InChI is InChI=1S/C17H13ClFN3O2/c18-12-3-1-4-13(19)11(12)9-16(23)22-10-14-17(21-7-6-20-14)15-5-2-8-24-15/h1-8H,9-10H2,(H,22,23). The Labute approximate surface area is 142 Å². The second kappa shape index (κ2) is 7.23. The van der Waals surface area contributed by atoms with Gasteiger partial charge in [0.05, 0.1) is 24.9 Å². The van der Waals surface area contributed by atoms with Crippen LogP contribution >= 0.6 is 11.6 Å². The molecule has 0 aliphatic heterocycles. The number of hydrogen-bond donors (Lipinski definition) is 1. The molecule has 5 nitrogen and oxygen atoms in total. The molecule has 3 rings (SSSR count). The summed E-state index contributed by atoms with van der Waals surface area (Å²) in [4.78, 5) is 20.5. The molecule has 1 amide bonds. The second-order valence-electron chi connectivity index (χ2n) is 4.98. The quantitative estimate of drug-likeness (QED) is 0.769. The molecule has 0 saturated carbocycles. The molecule has 0 spiro atoms. The molecule has 2 heterocycles. The van der Waals surface area contributed by atoms with Gasteiger partial charge < -0.3 is 9.73 Å². The summed E-state index contributed by atoms with van der Waals surface area (Å²) >= 11 is 5.93. The van der Waals surface area contributed by atoms with Crippen LogP contribution in [0.4, 0.5) is 4.39 Å². The lowest BCUT2D eigenvalue weighted by molar-refractivity contribution is -0.120. The molecule has 1 N–H and O–H groups in total. The van der Waals surface area contributed by atoms with E-state index in [0.29, 0.717) is 17.1 Å². The van der Waals surface area contributed by atoms with Crippen molar-refractivity contribution >= 4 is 17.5 Å². The molecule has 3 aromatic rings. The minimum Gasteiger partial charge on any atom is -0.463 e. The Balaban J connectivity index is 1.69. The fourth-order valence-electron chi connectivity index (χ4n) is 2.22. The van der Waals surface area contributed by atoms with Crippen LogP contribution in [0.1, 0.15) is 11.3 Å². The Morgan fingerprint density at radius 3 is 2.79 bits per heavy atom. The molecule has 0 bridgehead atoms. The molecule has 0 aliphatic carbocycles. The summed E-state index contributed by atoms with van der Waals surface area (Å²) in [6.45, 7) is 0.148. The number of aromatic nitrogens is 2. The number of nitrogens with zero attached hydrogens (tertiary/aromatic N) is 2. The third-order valence-electron chi connectivity index (χ3n) is 3.38. The zero-order valence-corrected chi connectivity index (χ0v) is 13.3. The first kappa shape index (κ1) is 16.1. The van der Waals surface area contributed by atoms with Crippen LogP contribution in [0.15, 0.2) is 53.4 Å². The topological polar surface area (TPSA) is 68.0 Å². The molecule has 122 valence electrons. The Hall–Kier alpha value is -2.73. The number of hydrogen-bond acceptors (Lipinski definition) is 4. The number of amides is 1. The van der Waals surface area contributed by atoms with Crippen molar-refractivity contribution in [3.8, 4) is 11.5 Å². The van der Waals surface area contributed by atoms with E-state index in [-0.39, 0.29) is 29.5 Å². The van der Waals surface area contributed by atoms with Gasteiger partial charge in [-0.3, -0.25) is 9.78 Å². The van der Waals surface area contributed by atoms with Crippen molar-refractivity contribution in [1.29, 1.82) is 0 Å². The highest BCUT2D eigenvalue weighted by molar-refractivity contribution is 6.31. The fourth-order valence-corrected chi connectivity index (χ4v) is 2.45. The van der Waals surface area contributed by atoms with Gasteiger partial charge in [-0.1, -0.05) is 17.7 Å². The molecule has 0 radical (unpaired) electrons. The highest BCUT2D eigenvalue weighted by Gasteiger charge is 2.14. The number of rotatable bonds is 5. The predicted octanol–water partition coefficient (Wildman–Crippen LogP) is 3.39. The van der Waals surface area contributed by atoms with E-state index in [1.165, 1.54) is 24.6 Å². The molecule has 0 atom stereocenters. The van der Waals surface area contributed by atoms with Gasteiger partial charge in [0, 0.05) is 23.0 Å². The van der Waals surface area contributed by atoms with Gasteiger partial charge >= 0.3 is 0 Å². The van der Waals surface area contributed by atoms with Crippen LogP contribution in [0, 0.1) is 5.82 Å². The van der Waals surface area contributed by atoms with Crippen molar-refractivity contribution in [2.24, 2.45) is 0 Å². The van der Waals surface area contributed by atoms with E-state index in [2.05, 4.69) is 15.3 Å². The Bertz CT molecular complexity index is 833. The van der Waals surface area contributed by atoms with E-state index < -0.39 is 5.82 Å². The van der Waals surface area contributed by atoms with Crippen LogP contribution in [-0.2, 0) is 17.8 Å². The summed E-state index contributed by atoms with van der Waals surface area (Å²) in [5.41, 5.74) is 1.27. The normalized spacial score (nSPS) is 10.6. The number of halogens is 2. The van der Waals surface area contributed by atoms with Crippen molar-refractivity contribution in [1.82, 2.24) is 15.3 Å². The van der Waals surface area contributed by atoms with Crippen molar-refractivity contribution in [2.75, 3.05) is 0 Å². The highest BCUT2D eigenvalue weighted by Crippen LogP contribution is 2.21. The minimum atomic E-state index is -0.506. The molecule has 0 fully saturated rings. The number of furan rings is 1. The lowest BCUT2D eigenvalue weighted by atomic mass is 10.1. The van der Waals surface area contributed by atoms with Gasteiger partial charge in [0.15, 0.2) is 5.76 Å². The van der Waals surface area contributed by atoms with Gasteiger partial charge in [-0.2, -0.15) is 0 Å². The maximum absolute atomic E-state index is 13.7. The van der Waals surface area contributed by atoms with E-state index in [4.69, 9.17) is 16.0 Å². The van der Waals surface area contributed by atoms with Crippen LogP contribution < -0.4 is 5.32 Å². The molecule has 0 aliphatic rings. The van der Waals surface area contributed by atoms with Gasteiger partial charge in [0.25, 0.3) is 0 Å². The summed E-state index contributed by atoms with van der Waals surface area (Å²) < 4.78 is 19.0. The van der Waals surface area contributed by atoms with E-state index >= 15 is 0 Å². The van der Waals surface area contributed by atoms with Crippen LogP contribution in [0.3, 0.4) is 0 Å². The van der Waals surface area contributed by atoms with E-state index in [0.717, 1.165) is 0 Å². The average Bonchev–Trinajstić information content (AvgIpc) is 3.11. The van der Waals surface area contributed by atoms with Gasteiger partial charge in [0.1, 0.15) is 11.5 Å². The number of carbonyl (C=O) groups is 1. The predicted molar refractivity (Wildman–Crippen MR) is 86.7 cm³/mol. The molecule has 7 heteroatoms. The number of nitrogens with one attached hydrogen (secondary N) is 1. The molecular weight excluding hydrogens is 333 g/mol. The third-order valence-corrected chi connectivity index (χ3v) is 3.73. The lowest BCUT2D eigenvalue weighted by Crippen LogP contribution is -2.26. The first-order valence-electron chi connectivity index (χ1n) is 7.18. The first-order chi connectivity index (χ1) is 11.6. The molecule has 0 saturated heterocycles. The third kappa shape index (κ3) is 3.60. The summed E-state index contributed by atoms with van der Waals surface area (Å²) in [6, 6.07) is 7.81. The SMILES string of the molecule is O=C(Cc1c(F)cccc1Cl)NCc1nccnc1-c1ccco1. The largest absolute Gasteiger partial charge is 0.463 e. The summed E-state index contributed by atoms with van der Waals surface area (Å²) in [7, 11) is 0. The zero-order valence-electron chi connectivity index (χ0n) is 12.5. The summed E-state index contributed by atoms with van der Waals surface area (Å²) in [5, 5.41) is 2.92. The average molecular weight is 346 g/mol. The Kier molecular flexibility index (Phi) is 4.86. The second-order valence-corrected chi connectivity index (χ2v) is 5.39. The van der Waals surface area contributed by atoms with Crippen LogP contribution in [0.2, 0.25) is 5.02 Å². The first-order valence-corrected chi connectivity index (χ1v) is 7.56. The maximum Gasteiger partial charge on any atom is 0.224 e. The van der Waals surface area contributed by atoms with E-state index in [1.807, 2.05) is 0 Å². The fraction of sp³-hybridized carbons (Fsp3) is 0.118. The maximum atomic E-state index is 13.7. The van der Waals surface area contributed by atoms with Crippen molar-refractivity contribution in [3.05, 3.63) is 71.1 Å². The van der Waals surface area contributed by atoms with Crippen LogP contribution in [0.25, 0.3) is 11.5 Å². The Morgan fingerprint density at radius 2 is 2.04 bits per heavy atom. The van der Waals surface area contributed by atoms with Crippen molar-refractivity contribution in [2.45, 2.75) is 13.0 Å². The van der Waals surface area contributed by atoms with Gasteiger partial charge in [-0.25, -0.2) is 9.37 Å². The summed E-state index contributed by atoms with van der Waals surface area (Å²) in [6.07, 6.45) is 4.46. The molecule has 1 aromatic carbocycles. The molecule has 0 unspecified atom stereocenters. The monoisotopic (exact) mass is 345 g/mol. The van der Waals surface area contributed by atoms with Crippen LogP contribution in [0.5, 0.6) is 0 Å². The van der Waals surface area contributed by atoms with Crippen molar-refractivity contribution < 1.29 is 13.6 Å². The van der Waals surface area contributed by atoms with Crippen molar-refractivity contribution in [3.63, 3.8) is 0 Å². The Morgan fingerprint density at radius 1 is 1.21 bits per heavy atom. The van der Waals surface area contributed by atoms with E-state index in [1.54, 1.807) is 24.4 Å². The van der Waals surface area contributed by atoms with Crippen LogP contribution in [-0.4, -0.2) is 15.9 Å². The van der Waals surface area contributed by atoms with Gasteiger partial charge in [-0.15, -0.1) is 0 Å². The van der Waals surface area contributed by atoms with E-state index in [9.17, 15) is 9.18 Å².